The van der Waals surface area contributed by atoms with Crippen LogP contribution in [-0.4, -0.2) is 51.3 Å². The van der Waals surface area contributed by atoms with E-state index in [0.29, 0.717) is 36.8 Å². The molecule has 1 aliphatic rings. The van der Waals surface area contributed by atoms with Crippen LogP contribution in [0.1, 0.15) is 23.7 Å². The van der Waals surface area contributed by atoms with E-state index in [0.717, 1.165) is 22.4 Å². The first-order chi connectivity index (χ1) is 15.0. The Morgan fingerprint density at radius 3 is 2.94 bits per heavy atom. The Bertz CT molecular complexity index is 1110. The fraction of sp³-hybridized carbons (Fsp3) is 0.333. The van der Waals surface area contributed by atoms with E-state index in [-0.39, 0.29) is 18.4 Å². The van der Waals surface area contributed by atoms with Crippen LogP contribution in [0.5, 0.6) is 5.75 Å². The first-order valence-electron chi connectivity index (χ1n) is 10.4. The molecule has 0 unspecified atom stereocenters. The van der Waals surface area contributed by atoms with Crippen LogP contribution in [-0.2, 0) is 11.3 Å². The van der Waals surface area contributed by atoms with E-state index < -0.39 is 6.10 Å². The lowest BCUT2D eigenvalue weighted by molar-refractivity contribution is -0.127. The number of aromatic nitrogens is 2. The van der Waals surface area contributed by atoms with Crippen molar-refractivity contribution >= 4 is 28.5 Å². The number of ether oxygens (including phenoxy) is 1. The molecule has 1 fully saturated rings. The highest BCUT2D eigenvalue weighted by Gasteiger charge is 2.33. The number of aliphatic hydroxyl groups excluding tert-OH is 1. The zero-order valence-corrected chi connectivity index (χ0v) is 18.3. The summed E-state index contributed by atoms with van der Waals surface area (Å²) in [5, 5.41) is 11.4. The second-order valence-electron chi connectivity index (χ2n) is 7.93. The fourth-order valence-corrected chi connectivity index (χ4v) is 4.16. The van der Waals surface area contributed by atoms with E-state index in [1.54, 1.807) is 23.1 Å². The fourth-order valence-electron chi connectivity index (χ4n) is 4.04. The highest BCUT2D eigenvalue weighted by molar-refractivity contribution is 6.31. The van der Waals surface area contributed by atoms with Crippen LogP contribution >= 0.6 is 11.6 Å². The number of nitrogens with zero attached hydrogens (tertiary/aromatic N) is 3. The van der Waals surface area contributed by atoms with Crippen LogP contribution in [0, 0.1) is 6.92 Å². The van der Waals surface area contributed by atoms with Gasteiger partial charge < -0.3 is 19.3 Å². The molecule has 1 N–H and O–H groups in total. The van der Waals surface area contributed by atoms with Crippen molar-refractivity contribution in [2.75, 3.05) is 19.7 Å². The Hall–Kier alpha value is -2.83. The van der Waals surface area contributed by atoms with E-state index >= 15 is 0 Å². The summed E-state index contributed by atoms with van der Waals surface area (Å²) in [5.74, 6) is 1.57. The van der Waals surface area contributed by atoms with E-state index in [1.807, 2.05) is 41.8 Å². The minimum atomic E-state index is -0.742. The Labute approximate surface area is 186 Å². The Balaban J connectivity index is 1.53. The third-order valence-corrected chi connectivity index (χ3v) is 6.00. The molecule has 0 radical (unpaired) electrons. The average Bonchev–Trinajstić information content (AvgIpc) is 3.30. The number of para-hydroxylation sites is 2. The largest absolute Gasteiger partial charge is 0.491 e. The second-order valence-corrected chi connectivity index (χ2v) is 8.34. The number of benzene rings is 2. The lowest BCUT2D eigenvalue weighted by Gasteiger charge is -2.18. The number of imidazole rings is 1. The molecule has 2 aromatic carbocycles. The molecule has 7 heteroatoms. The van der Waals surface area contributed by atoms with Crippen molar-refractivity contribution in [3.8, 4) is 5.75 Å². The number of hydrogen-bond acceptors (Lipinski definition) is 4. The molecule has 162 valence electrons. The summed E-state index contributed by atoms with van der Waals surface area (Å²) in [6, 6.07) is 13.3. The van der Waals surface area contributed by atoms with Crippen molar-refractivity contribution in [1.82, 2.24) is 14.5 Å². The van der Waals surface area contributed by atoms with Gasteiger partial charge in [0.25, 0.3) is 0 Å². The molecule has 0 aliphatic carbocycles. The molecule has 1 amide bonds. The smallest absolute Gasteiger partial charge is 0.223 e. The van der Waals surface area contributed by atoms with Crippen LogP contribution in [0.25, 0.3) is 11.0 Å². The van der Waals surface area contributed by atoms with Crippen molar-refractivity contribution in [3.63, 3.8) is 0 Å². The average molecular weight is 440 g/mol. The van der Waals surface area contributed by atoms with Crippen molar-refractivity contribution in [2.24, 2.45) is 0 Å². The minimum Gasteiger partial charge on any atom is -0.491 e. The maximum absolute atomic E-state index is 12.4. The summed E-state index contributed by atoms with van der Waals surface area (Å²) >= 11 is 6.07. The van der Waals surface area contributed by atoms with Crippen LogP contribution in [0.2, 0.25) is 5.02 Å². The molecule has 3 aromatic rings. The van der Waals surface area contributed by atoms with Gasteiger partial charge in [0.2, 0.25) is 5.91 Å². The minimum absolute atomic E-state index is 0.0214. The monoisotopic (exact) mass is 439 g/mol. The molecule has 1 saturated heterocycles. The summed E-state index contributed by atoms with van der Waals surface area (Å²) in [4.78, 5) is 19.0. The number of likely N-dealkylation sites (tertiary alicyclic amines) is 1. The van der Waals surface area contributed by atoms with Gasteiger partial charge in [-0.3, -0.25) is 4.79 Å². The molecular weight excluding hydrogens is 414 g/mol. The first-order valence-corrected chi connectivity index (χ1v) is 10.7. The van der Waals surface area contributed by atoms with E-state index in [9.17, 15) is 9.90 Å². The second kappa shape index (κ2) is 9.12. The van der Waals surface area contributed by atoms with E-state index in [1.165, 1.54) is 0 Å². The summed E-state index contributed by atoms with van der Waals surface area (Å²) < 4.78 is 7.80. The van der Waals surface area contributed by atoms with Crippen LogP contribution < -0.4 is 4.74 Å². The third kappa shape index (κ3) is 4.60. The maximum Gasteiger partial charge on any atom is 0.223 e. The maximum atomic E-state index is 12.4. The summed E-state index contributed by atoms with van der Waals surface area (Å²) in [5.41, 5.74) is 2.72. The standard InChI is InChI=1S/C24H26ClN3O3/c1-3-10-27-13-17(12-23(27)30)24-26-21-6-4-5-7-22(21)28(24)14-18(29)15-31-19-8-9-20(25)16(2)11-19/h3-9,11,17-18,29H,1,10,12-15H2,2H3/t17-,18-/m0/s1. The normalized spacial score (nSPS) is 17.3. The SMILES string of the molecule is C=CCN1C[C@@H](c2nc3ccccc3n2C[C@H](O)COc2ccc(Cl)c(C)c2)CC1=O. The van der Waals surface area contributed by atoms with Gasteiger partial charge in [0, 0.05) is 30.5 Å². The topological polar surface area (TPSA) is 67.6 Å². The van der Waals surface area contributed by atoms with Crippen molar-refractivity contribution in [3.05, 3.63) is 71.5 Å². The number of amides is 1. The zero-order valence-electron chi connectivity index (χ0n) is 17.5. The number of fused-ring (bicyclic) bond motifs is 1. The van der Waals surface area contributed by atoms with Gasteiger partial charge in [0.05, 0.1) is 17.6 Å². The molecule has 2 atom stereocenters. The first kappa shape index (κ1) is 21.4. The summed E-state index contributed by atoms with van der Waals surface area (Å²) in [6.45, 7) is 7.25. The van der Waals surface area contributed by atoms with Crippen molar-refractivity contribution < 1.29 is 14.6 Å². The lowest BCUT2D eigenvalue weighted by Crippen LogP contribution is -2.26. The number of carbonyl (C=O) groups excluding carboxylic acids is 1. The highest BCUT2D eigenvalue weighted by Crippen LogP contribution is 2.30. The predicted octanol–water partition coefficient (Wildman–Crippen LogP) is 3.94. The molecule has 4 rings (SSSR count). The number of rotatable bonds is 8. The number of halogens is 1. The van der Waals surface area contributed by atoms with Gasteiger partial charge in [-0.05, 0) is 42.8 Å². The van der Waals surface area contributed by atoms with E-state index in [2.05, 4.69) is 6.58 Å². The Morgan fingerprint density at radius 2 is 2.16 bits per heavy atom. The molecule has 31 heavy (non-hydrogen) atoms. The molecule has 6 nitrogen and oxygen atoms in total. The van der Waals surface area contributed by atoms with Crippen LogP contribution in [0.3, 0.4) is 0 Å². The number of carbonyl (C=O) groups is 1. The predicted molar refractivity (Wildman–Crippen MR) is 122 cm³/mol. The highest BCUT2D eigenvalue weighted by atomic mass is 35.5. The van der Waals surface area contributed by atoms with Gasteiger partial charge in [-0.25, -0.2) is 4.98 Å². The van der Waals surface area contributed by atoms with Crippen LogP contribution in [0.4, 0.5) is 0 Å². The number of aryl methyl sites for hydroxylation is 1. The molecule has 2 heterocycles. The zero-order chi connectivity index (χ0) is 22.0. The molecular formula is C24H26ClN3O3. The molecule has 1 aromatic heterocycles. The van der Waals surface area contributed by atoms with Crippen molar-refractivity contribution in [1.29, 1.82) is 0 Å². The van der Waals surface area contributed by atoms with Gasteiger partial charge in [0.1, 0.15) is 24.3 Å². The van der Waals surface area contributed by atoms with Gasteiger partial charge in [-0.2, -0.15) is 0 Å². The van der Waals surface area contributed by atoms with Gasteiger partial charge in [-0.1, -0.05) is 29.8 Å². The molecule has 0 saturated carbocycles. The molecule has 0 spiro atoms. The lowest BCUT2D eigenvalue weighted by atomic mass is 10.1. The van der Waals surface area contributed by atoms with Gasteiger partial charge in [-0.15, -0.1) is 6.58 Å². The summed E-state index contributed by atoms with van der Waals surface area (Å²) in [6.07, 6.45) is 1.41. The Kier molecular flexibility index (Phi) is 6.30. The summed E-state index contributed by atoms with van der Waals surface area (Å²) in [7, 11) is 0. The van der Waals surface area contributed by atoms with Gasteiger partial charge >= 0.3 is 0 Å². The number of hydrogen-bond donors (Lipinski definition) is 1. The molecule has 1 aliphatic heterocycles. The Morgan fingerprint density at radius 1 is 1.35 bits per heavy atom. The van der Waals surface area contributed by atoms with E-state index in [4.69, 9.17) is 21.3 Å². The van der Waals surface area contributed by atoms with Crippen molar-refractivity contribution in [2.45, 2.75) is 31.9 Å². The quantitative estimate of drug-likeness (QED) is 0.540. The molecule has 0 bridgehead atoms. The number of aliphatic hydroxyl groups is 1. The third-order valence-electron chi connectivity index (χ3n) is 5.58. The van der Waals surface area contributed by atoms with Crippen LogP contribution in [0.15, 0.2) is 55.1 Å². The van der Waals surface area contributed by atoms with Gasteiger partial charge in [0.15, 0.2) is 0 Å².